The van der Waals surface area contributed by atoms with Crippen LogP contribution >= 0.6 is 12.2 Å². The monoisotopic (exact) mass is 328 g/mol. The zero-order valence-electron chi connectivity index (χ0n) is 13.3. The van der Waals surface area contributed by atoms with E-state index in [0.29, 0.717) is 5.92 Å². The first-order chi connectivity index (χ1) is 10.9. The highest BCUT2D eigenvalue weighted by atomic mass is 32.1. The van der Waals surface area contributed by atoms with E-state index < -0.39 is 11.8 Å². The molecule has 2 amide bonds. The Morgan fingerprint density at radius 3 is 2.48 bits per heavy atom. The molecular formula is C18H20N2O2S. The van der Waals surface area contributed by atoms with E-state index in [9.17, 15) is 9.59 Å². The third-order valence-electron chi connectivity index (χ3n) is 3.43. The van der Waals surface area contributed by atoms with Crippen molar-refractivity contribution in [2.45, 2.75) is 20.3 Å². The Labute approximate surface area is 141 Å². The van der Waals surface area contributed by atoms with E-state index in [1.54, 1.807) is 12.2 Å². The lowest BCUT2D eigenvalue weighted by Gasteiger charge is -2.27. The number of nitrogens with zero attached hydrogens (tertiary/aromatic N) is 1. The zero-order chi connectivity index (χ0) is 17.0. The van der Waals surface area contributed by atoms with Gasteiger partial charge in [0, 0.05) is 6.54 Å². The van der Waals surface area contributed by atoms with E-state index >= 15 is 0 Å². The summed E-state index contributed by atoms with van der Waals surface area (Å²) in [5, 5.41) is 2.65. The second kappa shape index (κ2) is 7.33. The first-order valence-corrected chi connectivity index (χ1v) is 7.92. The van der Waals surface area contributed by atoms with E-state index in [1.165, 1.54) is 10.5 Å². The number of rotatable bonds is 5. The molecule has 0 aliphatic carbocycles. The minimum atomic E-state index is -0.466. The molecule has 0 atom stereocenters. The number of hydrogen-bond donors (Lipinski definition) is 1. The standard InChI is InChI=1S/C18H20N2O2S/c1-4-9-20-17(22)15(16(21)19-18(20)23)11-14-7-5-13(6-8-14)10-12(2)3/h4-8,11-12H,1,9-10H2,2-3H3,(H,19,21,23)/b15-11+. The van der Waals surface area contributed by atoms with Crippen LogP contribution in [0.1, 0.15) is 25.0 Å². The Bertz CT molecular complexity index is 675. The van der Waals surface area contributed by atoms with Crippen LogP contribution in [0.3, 0.4) is 0 Å². The maximum absolute atomic E-state index is 12.4. The lowest BCUT2D eigenvalue weighted by atomic mass is 10.0. The molecule has 23 heavy (non-hydrogen) atoms. The van der Waals surface area contributed by atoms with Gasteiger partial charge in [-0.1, -0.05) is 44.2 Å². The molecule has 0 bridgehead atoms. The van der Waals surface area contributed by atoms with E-state index in [0.717, 1.165) is 12.0 Å². The van der Waals surface area contributed by atoms with Crippen LogP contribution in [0.25, 0.3) is 6.08 Å². The zero-order valence-corrected chi connectivity index (χ0v) is 14.2. The summed E-state index contributed by atoms with van der Waals surface area (Å²) in [4.78, 5) is 25.8. The van der Waals surface area contributed by atoms with Gasteiger partial charge in [0.25, 0.3) is 11.8 Å². The molecule has 0 saturated carbocycles. The van der Waals surface area contributed by atoms with Crippen LogP contribution in [0.15, 0.2) is 42.5 Å². The van der Waals surface area contributed by atoms with Gasteiger partial charge in [-0.25, -0.2) is 0 Å². The van der Waals surface area contributed by atoms with E-state index in [2.05, 4.69) is 25.7 Å². The summed E-state index contributed by atoms with van der Waals surface area (Å²) in [6.07, 6.45) is 4.16. The lowest BCUT2D eigenvalue weighted by molar-refractivity contribution is -0.128. The molecule has 1 fully saturated rings. The molecule has 0 radical (unpaired) electrons. The van der Waals surface area contributed by atoms with Crippen LogP contribution in [0.5, 0.6) is 0 Å². The van der Waals surface area contributed by atoms with Crippen molar-refractivity contribution in [2.24, 2.45) is 5.92 Å². The van der Waals surface area contributed by atoms with Gasteiger partial charge in [-0.05, 0) is 41.8 Å². The molecule has 1 aliphatic rings. The van der Waals surface area contributed by atoms with Crippen LogP contribution in [0.2, 0.25) is 0 Å². The molecule has 5 heteroatoms. The average molecular weight is 328 g/mol. The number of amides is 2. The van der Waals surface area contributed by atoms with E-state index in [1.807, 2.05) is 24.3 Å². The number of thiocarbonyl (C=S) groups is 1. The first-order valence-electron chi connectivity index (χ1n) is 7.51. The van der Waals surface area contributed by atoms with Crippen LogP contribution < -0.4 is 5.32 Å². The molecular weight excluding hydrogens is 308 g/mol. The smallest absolute Gasteiger partial charge is 0.265 e. The molecule has 1 aliphatic heterocycles. The molecule has 4 nitrogen and oxygen atoms in total. The van der Waals surface area contributed by atoms with Crippen molar-refractivity contribution in [1.82, 2.24) is 10.2 Å². The van der Waals surface area contributed by atoms with Gasteiger partial charge in [-0.2, -0.15) is 0 Å². The Morgan fingerprint density at radius 2 is 1.91 bits per heavy atom. The Morgan fingerprint density at radius 1 is 1.26 bits per heavy atom. The molecule has 0 spiro atoms. The number of benzene rings is 1. The highest BCUT2D eigenvalue weighted by molar-refractivity contribution is 7.80. The summed E-state index contributed by atoms with van der Waals surface area (Å²) >= 11 is 5.02. The van der Waals surface area contributed by atoms with E-state index in [-0.39, 0.29) is 17.2 Å². The summed E-state index contributed by atoms with van der Waals surface area (Å²) in [7, 11) is 0. The van der Waals surface area contributed by atoms with Crippen molar-refractivity contribution < 1.29 is 9.59 Å². The summed E-state index contributed by atoms with van der Waals surface area (Å²) in [6.45, 7) is 8.20. The Kier molecular flexibility index (Phi) is 5.45. The summed E-state index contributed by atoms with van der Waals surface area (Å²) in [6, 6.07) is 7.86. The van der Waals surface area contributed by atoms with Gasteiger partial charge in [0.2, 0.25) is 0 Å². The Balaban J connectivity index is 2.26. The van der Waals surface area contributed by atoms with Crippen molar-refractivity contribution in [3.63, 3.8) is 0 Å². The fourth-order valence-electron chi connectivity index (χ4n) is 2.38. The van der Waals surface area contributed by atoms with Crippen LogP contribution in [-0.2, 0) is 16.0 Å². The van der Waals surface area contributed by atoms with Gasteiger partial charge < -0.3 is 0 Å². The highest BCUT2D eigenvalue weighted by Gasteiger charge is 2.32. The molecule has 1 aromatic rings. The fourth-order valence-corrected chi connectivity index (χ4v) is 2.63. The minimum absolute atomic E-state index is 0.0806. The molecule has 1 saturated heterocycles. The van der Waals surface area contributed by atoms with Crippen molar-refractivity contribution in [2.75, 3.05) is 6.54 Å². The SMILES string of the molecule is C=CCN1C(=O)/C(=C/c2ccc(CC(C)C)cc2)C(=O)NC1=S. The molecule has 1 heterocycles. The van der Waals surface area contributed by atoms with Gasteiger partial charge in [0.1, 0.15) is 5.57 Å². The average Bonchev–Trinajstić information content (AvgIpc) is 2.49. The number of hydrogen-bond acceptors (Lipinski definition) is 3. The normalized spacial score (nSPS) is 16.9. The topological polar surface area (TPSA) is 49.4 Å². The Hall–Kier alpha value is -2.27. The number of nitrogens with one attached hydrogen (secondary N) is 1. The van der Waals surface area contributed by atoms with Crippen molar-refractivity contribution in [3.8, 4) is 0 Å². The second-order valence-electron chi connectivity index (χ2n) is 5.86. The van der Waals surface area contributed by atoms with Crippen molar-refractivity contribution in [1.29, 1.82) is 0 Å². The van der Waals surface area contributed by atoms with Gasteiger partial charge in [-0.15, -0.1) is 6.58 Å². The second-order valence-corrected chi connectivity index (χ2v) is 6.25. The van der Waals surface area contributed by atoms with Crippen LogP contribution in [0, 0.1) is 5.92 Å². The summed E-state index contributed by atoms with van der Waals surface area (Å²) < 4.78 is 0. The van der Waals surface area contributed by atoms with Crippen molar-refractivity contribution >= 4 is 35.2 Å². The minimum Gasteiger partial charge on any atom is -0.298 e. The van der Waals surface area contributed by atoms with Crippen LogP contribution in [-0.4, -0.2) is 28.4 Å². The third kappa shape index (κ3) is 4.13. The summed E-state index contributed by atoms with van der Waals surface area (Å²) in [5.74, 6) is -0.283. The van der Waals surface area contributed by atoms with Crippen molar-refractivity contribution in [3.05, 3.63) is 53.6 Å². The van der Waals surface area contributed by atoms with Gasteiger partial charge >= 0.3 is 0 Å². The predicted molar refractivity (Wildman–Crippen MR) is 95.6 cm³/mol. The highest BCUT2D eigenvalue weighted by Crippen LogP contribution is 2.16. The lowest BCUT2D eigenvalue weighted by Crippen LogP contribution is -2.53. The molecule has 120 valence electrons. The quantitative estimate of drug-likeness (QED) is 0.391. The maximum Gasteiger partial charge on any atom is 0.265 e. The van der Waals surface area contributed by atoms with Gasteiger partial charge in [0.15, 0.2) is 5.11 Å². The predicted octanol–water partition coefficient (Wildman–Crippen LogP) is 2.70. The number of carbonyl (C=O) groups excluding carboxylic acids is 2. The van der Waals surface area contributed by atoms with Crippen LogP contribution in [0.4, 0.5) is 0 Å². The molecule has 0 aromatic heterocycles. The maximum atomic E-state index is 12.4. The summed E-state index contributed by atoms with van der Waals surface area (Å²) in [5.41, 5.74) is 2.12. The number of carbonyl (C=O) groups is 2. The van der Waals surface area contributed by atoms with E-state index in [4.69, 9.17) is 12.2 Å². The fraction of sp³-hybridized carbons (Fsp3) is 0.278. The molecule has 1 N–H and O–H groups in total. The third-order valence-corrected chi connectivity index (χ3v) is 3.75. The molecule has 2 rings (SSSR count). The van der Waals surface area contributed by atoms with Gasteiger partial charge in [-0.3, -0.25) is 19.8 Å². The largest absolute Gasteiger partial charge is 0.298 e. The molecule has 0 unspecified atom stereocenters. The van der Waals surface area contributed by atoms with Gasteiger partial charge in [0.05, 0.1) is 0 Å². The molecule has 1 aromatic carbocycles. The first kappa shape index (κ1) is 17.1.